The molecule has 2 fully saturated rings. The number of rotatable bonds is 11. The summed E-state index contributed by atoms with van der Waals surface area (Å²) in [4.78, 5) is 0. The predicted molar refractivity (Wildman–Crippen MR) is 109 cm³/mol. The van der Waals surface area contributed by atoms with Crippen molar-refractivity contribution in [2.24, 2.45) is 11.8 Å². The Morgan fingerprint density at radius 3 is 2.59 bits per heavy atom. The van der Waals surface area contributed by atoms with Crippen molar-refractivity contribution in [2.75, 3.05) is 27.6 Å². The monoisotopic (exact) mass is 406 g/mol. The van der Waals surface area contributed by atoms with Gasteiger partial charge in [-0.25, -0.2) is 0 Å². The van der Waals surface area contributed by atoms with Gasteiger partial charge in [-0.15, -0.1) is 0 Å². The van der Waals surface area contributed by atoms with E-state index in [2.05, 4.69) is 39.0 Å². The first-order valence-electron chi connectivity index (χ1n) is 10.3. The van der Waals surface area contributed by atoms with Crippen LogP contribution >= 0.6 is 0 Å². The third-order valence-electron chi connectivity index (χ3n) is 5.66. The van der Waals surface area contributed by atoms with Gasteiger partial charge in [0, 0.05) is 26.1 Å². The SMILES string of the molecule is COCO[C@H](/C(C)=C/[C@H](C)[C@@H]1CO1)[C@H]1O[C@H](OC)[C@@H](C)[C@@H]1OCc1ccccc1. The van der Waals surface area contributed by atoms with E-state index in [9.17, 15) is 0 Å². The summed E-state index contributed by atoms with van der Waals surface area (Å²) in [6.07, 6.45) is 1.41. The van der Waals surface area contributed by atoms with Crippen molar-refractivity contribution in [3.05, 3.63) is 47.5 Å². The van der Waals surface area contributed by atoms with Crippen molar-refractivity contribution < 1.29 is 28.4 Å². The van der Waals surface area contributed by atoms with Crippen LogP contribution in [-0.4, -0.2) is 58.3 Å². The molecule has 2 heterocycles. The van der Waals surface area contributed by atoms with Crippen LogP contribution in [0.25, 0.3) is 0 Å². The van der Waals surface area contributed by atoms with Gasteiger partial charge in [-0.3, -0.25) is 0 Å². The molecule has 1 aromatic rings. The summed E-state index contributed by atoms with van der Waals surface area (Å²) in [7, 11) is 3.29. The molecule has 0 bridgehead atoms. The maximum Gasteiger partial charge on any atom is 0.162 e. The van der Waals surface area contributed by atoms with Crippen molar-refractivity contribution in [2.45, 2.75) is 58.1 Å². The fraction of sp³-hybridized carbons (Fsp3) is 0.652. The third kappa shape index (κ3) is 5.87. The van der Waals surface area contributed by atoms with Crippen LogP contribution in [0.5, 0.6) is 0 Å². The minimum atomic E-state index is -0.341. The van der Waals surface area contributed by atoms with Gasteiger partial charge in [0.25, 0.3) is 0 Å². The minimum Gasteiger partial charge on any atom is -0.373 e. The molecule has 6 heteroatoms. The van der Waals surface area contributed by atoms with Gasteiger partial charge in [0.2, 0.25) is 0 Å². The lowest BCUT2D eigenvalue weighted by molar-refractivity contribution is -0.172. The fourth-order valence-electron chi connectivity index (χ4n) is 3.94. The van der Waals surface area contributed by atoms with E-state index in [1.165, 1.54) is 0 Å². The number of epoxide rings is 1. The normalized spacial score (nSPS) is 31.6. The molecule has 0 unspecified atom stereocenters. The highest BCUT2D eigenvalue weighted by Crippen LogP contribution is 2.36. The molecule has 7 atom stereocenters. The van der Waals surface area contributed by atoms with Crippen molar-refractivity contribution in [3.8, 4) is 0 Å². The molecule has 29 heavy (non-hydrogen) atoms. The summed E-state index contributed by atoms with van der Waals surface area (Å²) < 4.78 is 34.9. The molecule has 0 spiro atoms. The van der Waals surface area contributed by atoms with Crippen LogP contribution in [-0.2, 0) is 35.0 Å². The van der Waals surface area contributed by atoms with Crippen LogP contribution < -0.4 is 0 Å². The van der Waals surface area contributed by atoms with Gasteiger partial charge in [0.1, 0.15) is 19.0 Å². The van der Waals surface area contributed by atoms with Gasteiger partial charge < -0.3 is 28.4 Å². The Bertz CT molecular complexity index is 644. The quantitative estimate of drug-likeness (QED) is 0.318. The van der Waals surface area contributed by atoms with Crippen LogP contribution in [0, 0.1) is 11.8 Å². The first-order valence-corrected chi connectivity index (χ1v) is 10.3. The second-order valence-electron chi connectivity index (χ2n) is 7.96. The second-order valence-corrected chi connectivity index (χ2v) is 7.96. The van der Waals surface area contributed by atoms with Gasteiger partial charge >= 0.3 is 0 Å². The van der Waals surface area contributed by atoms with E-state index in [1.807, 2.05) is 18.2 Å². The molecule has 2 aliphatic heterocycles. The fourth-order valence-corrected chi connectivity index (χ4v) is 3.94. The van der Waals surface area contributed by atoms with E-state index >= 15 is 0 Å². The highest BCUT2D eigenvalue weighted by atomic mass is 16.7. The van der Waals surface area contributed by atoms with Crippen LogP contribution in [0.1, 0.15) is 26.3 Å². The Morgan fingerprint density at radius 1 is 1.24 bits per heavy atom. The van der Waals surface area contributed by atoms with E-state index in [0.29, 0.717) is 18.6 Å². The molecule has 6 nitrogen and oxygen atoms in total. The molecule has 0 amide bonds. The summed E-state index contributed by atoms with van der Waals surface area (Å²) in [5, 5.41) is 0. The second kappa shape index (κ2) is 10.7. The van der Waals surface area contributed by atoms with Gasteiger partial charge in [-0.05, 0) is 18.1 Å². The summed E-state index contributed by atoms with van der Waals surface area (Å²) >= 11 is 0. The molecule has 0 N–H and O–H groups in total. The molecule has 162 valence electrons. The van der Waals surface area contributed by atoms with Gasteiger partial charge in [-0.1, -0.05) is 50.3 Å². The Labute approximate surface area is 174 Å². The number of benzene rings is 1. The van der Waals surface area contributed by atoms with Gasteiger partial charge in [0.05, 0.1) is 25.4 Å². The standard InChI is InChI=1S/C23H34O6/c1-15(19-13-26-19)11-16(2)20(28-14-24-4)22-21(17(3)23(25-5)29-22)27-12-18-9-7-6-8-10-18/h6-11,15,17,19-23H,12-14H2,1-5H3/b16-11+/t15-,17-,19-,20+,21-,22+,23-/m0/s1. The number of methoxy groups -OCH3 is 2. The molecule has 0 aliphatic carbocycles. The highest BCUT2D eigenvalue weighted by Gasteiger charge is 2.47. The molecular weight excluding hydrogens is 372 g/mol. The first kappa shape index (κ1) is 22.4. The Hall–Kier alpha value is -1.28. The Kier molecular flexibility index (Phi) is 8.24. The van der Waals surface area contributed by atoms with Crippen LogP contribution in [0.3, 0.4) is 0 Å². The summed E-state index contributed by atoms with van der Waals surface area (Å²) in [6.45, 7) is 7.84. The number of ether oxygens (including phenoxy) is 6. The van der Waals surface area contributed by atoms with Gasteiger partial charge in [-0.2, -0.15) is 0 Å². The molecule has 3 rings (SSSR count). The molecule has 0 aromatic heterocycles. The molecule has 0 radical (unpaired) electrons. The lowest BCUT2D eigenvalue weighted by Crippen LogP contribution is -2.41. The minimum absolute atomic E-state index is 0.0688. The van der Waals surface area contributed by atoms with Crippen LogP contribution in [0.2, 0.25) is 0 Å². The summed E-state index contributed by atoms with van der Waals surface area (Å²) in [6, 6.07) is 10.2. The van der Waals surface area contributed by atoms with Crippen molar-refractivity contribution in [1.29, 1.82) is 0 Å². The maximum atomic E-state index is 6.34. The highest BCUT2D eigenvalue weighted by molar-refractivity contribution is 5.15. The third-order valence-corrected chi connectivity index (χ3v) is 5.66. The van der Waals surface area contributed by atoms with E-state index < -0.39 is 0 Å². The van der Waals surface area contributed by atoms with E-state index in [4.69, 9.17) is 28.4 Å². The Morgan fingerprint density at radius 2 is 1.97 bits per heavy atom. The zero-order chi connectivity index (χ0) is 20.8. The van der Waals surface area contributed by atoms with Crippen LogP contribution in [0.4, 0.5) is 0 Å². The predicted octanol–water partition coefficient (Wildman–Crippen LogP) is 3.55. The maximum absolute atomic E-state index is 6.34. The number of hydrogen-bond donors (Lipinski definition) is 0. The largest absolute Gasteiger partial charge is 0.373 e. The summed E-state index contributed by atoms with van der Waals surface area (Å²) in [5.41, 5.74) is 2.22. The molecule has 2 aliphatic rings. The van der Waals surface area contributed by atoms with Gasteiger partial charge in [0.15, 0.2) is 6.29 Å². The molecular formula is C23H34O6. The first-order chi connectivity index (χ1) is 14.0. The topological polar surface area (TPSA) is 58.7 Å². The van der Waals surface area contributed by atoms with Crippen molar-refractivity contribution >= 4 is 0 Å². The smallest absolute Gasteiger partial charge is 0.162 e. The average molecular weight is 407 g/mol. The average Bonchev–Trinajstić information content (AvgIpc) is 3.53. The zero-order valence-corrected chi connectivity index (χ0v) is 18.1. The van der Waals surface area contributed by atoms with Crippen molar-refractivity contribution in [3.63, 3.8) is 0 Å². The molecule has 1 aromatic carbocycles. The molecule has 2 saturated heterocycles. The lowest BCUT2D eigenvalue weighted by atomic mass is 9.93. The van der Waals surface area contributed by atoms with E-state index in [-0.39, 0.29) is 37.3 Å². The van der Waals surface area contributed by atoms with E-state index in [0.717, 1.165) is 17.7 Å². The summed E-state index contributed by atoms with van der Waals surface area (Å²) in [5.74, 6) is 0.392. The van der Waals surface area contributed by atoms with Crippen molar-refractivity contribution in [1.82, 2.24) is 0 Å². The van der Waals surface area contributed by atoms with Crippen LogP contribution in [0.15, 0.2) is 42.0 Å². The van der Waals surface area contributed by atoms with E-state index in [1.54, 1.807) is 14.2 Å². The Balaban J connectivity index is 1.77. The number of hydrogen-bond acceptors (Lipinski definition) is 6. The zero-order valence-electron chi connectivity index (χ0n) is 18.1. The molecule has 0 saturated carbocycles. The lowest BCUT2D eigenvalue weighted by Gasteiger charge is -2.29.